The normalized spacial score (nSPS) is 12.9. The molecular formula is C31H39N3O4S. The highest BCUT2D eigenvalue weighted by Crippen LogP contribution is 2.28. The molecule has 0 fully saturated rings. The fourth-order valence-corrected chi connectivity index (χ4v) is 5.87. The van der Waals surface area contributed by atoms with Crippen LogP contribution in [0.5, 0.6) is 0 Å². The summed E-state index contributed by atoms with van der Waals surface area (Å²) >= 11 is 0. The average Bonchev–Trinajstić information content (AvgIpc) is 2.90. The Morgan fingerprint density at radius 2 is 1.54 bits per heavy atom. The van der Waals surface area contributed by atoms with Crippen LogP contribution in [0.4, 0.5) is 5.69 Å². The minimum absolute atomic E-state index is 0.0546. The lowest BCUT2D eigenvalue weighted by Gasteiger charge is -2.33. The molecule has 39 heavy (non-hydrogen) atoms. The summed E-state index contributed by atoms with van der Waals surface area (Å²) in [7, 11) is -4.08. The predicted molar refractivity (Wildman–Crippen MR) is 156 cm³/mol. The molecule has 1 N–H and O–H groups in total. The van der Waals surface area contributed by atoms with Gasteiger partial charge in [-0.25, -0.2) is 8.42 Å². The van der Waals surface area contributed by atoms with Gasteiger partial charge in [-0.15, -0.1) is 0 Å². The van der Waals surface area contributed by atoms with E-state index in [0.717, 1.165) is 33.0 Å². The topological polar surface area (TPSA) is 86.8 Å². The molecule has 0 aliphatic rings. The molecule has 0 aliphatic carbocycles. The number of carbonyl (C=O) groups excluding carboxylic acids is 2. The van der Waals surface area contributed by atoms with E-state index in [9.17, 15) is 18.0 Å². The molecule has 3 rings (SSSR count). The number of anilines is 1. The van der Waals surface area contributed by atoms with E-state index in [-0.39, 0.29) is 23.4 Å². The molecule has 0 saturated heterocycles. The van der Waals surface area contributed by atoms with Crippen LogP contribution in [0.15, 0.2) is 77.7 Å². The summed E-state index contributed by atoms with van der Waals surface area (Å²) in [5.74, 6) is -0.753. The lowest BCUT2D eigenvalue weighted by Crippen LogP contribution is -2.52. The van der Waals surface area contributed by atoms with Crippen molar-refractivity contribution < 1.29 is 18.0 Å². The monoisotopic (exact) mass is 549 g/mol. The van der Waals surface area contributed by atoms with Crippen molar-refractivity contribution in [1.82, 2.24) is 10.2 Å². The van der Waals surface area contributed by atoms with Crippen molar-refractivity contribution in [2.45, 2.75) is 71.5 Å². The Kier molecular flexibility index (Phi) is 9.92. The maximum atomic E-state index is 14.0. The van der Waals surface area contributed by atoms with Crippen molar-refractivity contribution in [1.29, 1.82) is 0 Å². The summed E-state index contributed by atoms with van der Waals surface area (Å²) in [5, 5.41) is 2.95. The van der Waals surface area contributed by atoms with Crippen molar-refractivity contribution in [2.24, 2.45) is 0 Å². The zero-order valence-corrected chi connectivity index (χ0v) is 24.5. The Morgan fingerprint density at radius 1 is 0.872 bits per heavy atom. The molecule has 0 radical (unpaired) electrons. The van der Waals surface area contributed by atoms with Crippen molar-refractivity contribution in [3.05, 3.63) is 95.1 Å². The minimum atomic E-state index is -4.08. The van der Waals surface area contributed by atoms with Crippen molar-refractivity contribution in [3.63, 3.8) is 0 Å². The number of aryl methyl sites for hydroxylation is 3. The van der Waals surface area contributed by atoms with Crippen LogP contribution in [-0.4, -0.2) is 43.8 Å². The number of sulfonamides is 1. The number of hydrogen-bond donors (Lipinski definition) is 1. The van der Waals surface area contributed by atoms with Crippen LogP contribution in [0.25, 0.3) is 0 Å². The number of rotatable bonds is 11. The van der Waals surface area contributed by atoms with Crippen LogP contribution in [0.1, 0.15) is 49.4 Å². The van der Waals surface area contributed by atoms with E-state index in [2.05, 4.69) is 5.32 Å². The van der Waals surface area contributed by atoms with Crippen LogP contribution in [0.2, 0.25) is 0 Å². The fraction of sp³-hybridized carbons (Fsp3) is 0.355. The van der Waals surface area contributed by atoms with Gasteiger partial charge in [0, 0.05) is 12.6 Å². The first-order valence-electron chi connectivity index (χ1n) is 13.2. The Balaban J connectivity index is 2.05. The summed E-state index contributed by atoms with van der Waals surface area (Å²) in [5.41, 5.74) is 4.02. The number of hydrogen-bond acceptors (Lipinski definition) is 4. The van der Waals surface area contributed by atoms with Gasteiger partial charge in [-0.2, -0.15) is 0 Å². The third kappa shape index (κ3) is 7.47. The third-order valence-electron chi connectivity index (χ3n) is 6.83. The average molecular weight is 550 g/mol. The quantitative estimate of drug-likeness (QED) is 0.359. The van der Waals surface area contributed by atoms with Crippen LogP contribution in [0.3, 0.4) is 0 Å². The molecule has 0 saturated carbocycles. The van der Waals surface area contributed by atoms with E-state index in [0.29, 0.717) is 5.69 Å². The van der Waals surface area contributed by atoms with E-state index in [1.807, 2.05) is 71.0 Å². The summed E-state index contributed by atoms with van der Waals surface area (Å²) < 4.78 is 28.9. The van der Waals surface area contributed by atoms with E-state index in [1.165, 1.54) is 17.0 Å². The van der Waals surface area contributed by atoms with Gasteiger partial charge in [0.1, 0.15) is 12.6 Å². The Hall–Kier alpha value is -3.65. The molecule has 3 aromatic rings. The second kappa shape index (κ2) is 12.9. The van der Waals surface area contributed by atoms with Crippen molar-refractivity contribution >= 4 is 27.5 Å². The summed E-state index contributed by atoms with van der Waals surface area (Å²) in [6, 6.07) is 20.4. The summed E-state index contributed by atoms with van der Waals surface area (Å²) in [6.07, 6.45) is 0.750. The molecule has 2 amide bonds. The molecule has 8 heteroatoms. The number of carbonyl (C=O) groups is 2. The van der Waals surface area contributed by atoms with Gasteiger partial charge in [-0.3, -0.25) is 13.9 Å². The standard InChI is InChI=1S/C31H39N3O4S/c1-7-25(5)32-31(36)26(6)33(20-27-13-11-12-22(2)19-27)30(35)21-34(29-17-16-23(3)18-24(29)4)39(37,38)28-14-9-8-10-15-28/h8-19,25-26H,7,20-21H2,1-6H3,(H,32,36). The molecule has 3 aromatic carbocycles. The van der Waals surface area contributed by atoms with E-state index < -0.39 is 28.5 Å². The van der Waals surface area contributed by atoms with Gasteiger partial charge < -0.3 is 10.2 Å². The lowest BCUT2D eigenvalue weighted by molar-refractivity contribution is -0.139. The zero-order valence-electron chi connectivity index (χ0n) is 23.6. The van der Waals surface area contributed by atoms with Gasteiger partial charge >= 0.3 is 0 Å². The highest BCUT2D eigenvalue weighted by molar-refractivity contribution is 7.92. The highest BCUT2D eigenvalue weighted by Gasteiger charge is 2.33. The fourth-order valence-electron chi connectivity index (χ4n) is 4.37. The van der Waals surface area contributed by atoms with Crippen LogP contribution in [0, 0.1) is 20.8 Å². The largest absolute Gasteiger partial charge is 0.352 e. The van der Waals surface area contributed by atoms with Crippen LogP contribution in [-0.2, 0) is 26.2 Å². The lowest BCUT2D eigenvalue weighted by atomic mass is 10.1. The molecule has 2 unspecified atom stereocenters. The first-order valence-corrected chi connectivity index (χ1v) is 14.7. The second-order valence-electron chi connectivity index (χ2n) is 10.1. The van der Waals surface area contributed by atoms with E-state index in [4.69, 9.17) is 0 Å². The smallest absolute Gasteiger partial charge is 0.264 e. The maximum Gasteiger partial charge on any atom is 0.264 e. The molecule has 7 nitrogen and oxygen atoms in total. The van der Waals surface area contributed by atoms with Gasteiger partial charge in [0.25, 0.3) is 10.0 Å². The number of nitrogens with one attached hydrogen (secondary N) is 1. The number of benzene rings is 3. The number of nitrogens with zero attached hydrogens (tertiary/aromatic N) is 2. The van der Waals surface area contributed by atoms with E-state index >= 15 is 0 Å². The first kappa shape index (κ1) is 29.9. The molecule has 0 heterocycles. The molecule has 0 aliphatic heterocycles. The van der Waals surface area contributed by atoms with Gasteiger partial charge in [0.2, 0.25) is 11.8 Å². The second-order valence-corrected chi connectivity index (χ2v) is 12.0. The van der Waals surface area contributed by atoms with Gasteiger partial charge in [0.15, 0.2) is 0 Å². The molecular weight excluding hydrogens is 510 g/mol. The molecule has 2 atom stereocenters. The van der Waals surface area contributed by atoms with Gasteiger partial charge in [0.05, 0.1) is 10.6 Å². The Bertz CT molecular complexity index is 1410. The van der Waals surface area contributed by atoms with Crippen molar-refractivity contribution in [3.8, 4) is 0 Å². The summed E-state index contributed by atoms with van der Waals surface area (Å²) in [4.78, 5) is 28.7. The third-order valence-corrected chi connectivity index (χ3v) is 8.61. The zero-order chi connectivity index (χ0) is 28.7. The van der Waals surface area contributed by atoms with Gasteiger partial charge in [-0.1, -0.05) is 72.6 Å². The Labute approximate surface area is 232 Å². The van der Waals surface area contributed by atoms with Gasteiger partial charge in [-0.05, 0) is 70.4 Å². The maximum absolute atomic E-state index is 14.0. The first-order chi connectivity index (χ1) is 18.4. The SMILES string of the molecule is CCC(C)NC(=O)C(C)N(Cc1cccc(C)c1)C(=O)CN(c1ccc(C)cc1C)S(=O)(=O)c1ccccc1. The highest BCUT2D eigenvalue weighted by atomic mass is 32.2. The molecule has 0 aromatic heterocycles. The van der Waals surface area contributed by atoms with Crippen LogP contribution >= 0.6 is 0 Å². The Morgan fingerprint density at radius 3 is 2.15 bits per heavy atom. The molecule has 0 bridgehead atoms. The summed E-state index contributed by atoms with van der Waals surface area (Å²) in [6.45, 7) is 11.0. The minimum Gasteiger partial charge on any atom is -0.352 e. The van der Waals surface area contributed by atoms with E-state index in [1.54, 1.807) is 31.2 Å². The molecule has 0 spiro atoms. The molecule has 208 valence electrons. The number of amides is 2. The van der Waals surface area contributed by atoms with Crippen molar-refractivity contribution in [2.75, 3.05) is 10.8 Å². The van der Waals surface area contributed by atoms with Crippen LogP contribution < -0.4 is 9.62 Å². The predicted octanol–water partition coefficient (Wildman–Crippen LogP) is 5.14.